The average Bonchev–Trinajstić information content (AvgIpc) is 2.38. The molecule has 0 spiro atoms. The number of H-pyrrole nitrogens is 2. The summed E-state index contributed by atoms with van der Waals surface area (Å²) in [6.45, 7) is 0.130. The van der Waals surface area contributed by atoms with E-state index in [2.05, 4.69) is 21.4 Å². The second kappa shape index (κ2) is 5.48. The van der Waals surface area contributed by atoms with Crippen molar-refractivity contribution in [2.24, 2.45) is 5.92 Å². The normalized spacial score (nSPS) is 18.6. The smallest absolute Gasteiger partial charge is 0.325 e. The molecular formula is C12H15N3O3. The minimum atomic E-state index is -0.549. The molecule has 0 aromatic carbocycles. The first kappa shape index (κ1) is 12.3. The number of carbonyl (C=O) groups excluding carboxylic acids is 1. The molecule has 0 aliphatic heterocycles. The number of rotatable bonds is 3. The number of allylic oxidation sites excluding steroid dienone is 2. The lowest BCUT2D eigenvalue weighted by Gasteiger charge is -2.16. The fourth-order valence-corrected chi connectivity index (χ4v) is 1.93. The second-order valence-corrected chi connectivity index (χ2v) is 4.30. The van der Waals surface area contributed by atoms with Gasteiger partial charge in [0.25, 0.3) is 5.56 Å². The molecule has 1 heterocycles. The van der Waals surface area contributed by atoms with Crippen molar-refractivity contribution in [2.45, 2.75) is 25.8 Å². The summed E-state index contributed by atoms with van der Waals surface area (Å²) < 4.78 is 0. The first-order chi connectivity index (χ1) is 8.66. The minimum Gasteiger partial charge on any atom is -0.352 e. The van der Waals surface area contributed by atoms with E-state index in [-0.39, 0.29) is 18.4 Å². The summed E-state index contributed by atoms with van der Waals surface area (Å²) in [5.74, 6) is -0.0678. The van der Waals surface area contributed by atoms with Crippen LogP contribution in [0.4, 0.5) is 0 Å². The van der Waals surface area contributed by atoms with E-state index in [9.17, 15) is 14.4 Å². The molecule has 1 aliphatic carbocycles. The summed E-state index contributed by atoms with van der Waals surface area (Å²) in [5.41, 5.74) is -0.676. The summed E-state index contributed by atoms with van der Waals surface area (Å²) >= 11 is 0. The Balaban J connectivity index is 1.95. The van der Waals surface area contributed by atoms with Gasteiger partial charge >= 0.3 is 5.69 Å². The van der Waals surface area contributed by atoms with Crippen molar-refractivity contribution >= 4 is 5.91 Å². The third-order valence-electron chi connectivity index (χ3n) is 2.99. The number of aromatic nitrogens is 2. The highest BCUT2D eigenvalue weighted by atomic mass is 16.2. The van der Waals surface area contributed by atoms with Crippen molar-refractivity contribution in [3.63, 3.8) is 0 Å². The fraction of sp³-hybridized carbons (Fsp3) is 0.417. The summed E-state index contributed by atoms with van der Waals surface area (Å²) in [4.78, 5) is 38.5. The molecule has 0 saturated carbocycles. The highest BCUT2D eigenvalue weighted by Gasteiger charge is 2.18. The highest BCUT2D eigenvalue weighted by molar-refractivity contribution is 5.78. The van der Waals surface area contributed by atoms with Gasteiger partial charge in [0.05, 0.1) is 5.56 Å². The van der Waals surface area contributed by atoms with Crippen LogP contribution in [-0.4, -0.2) is 15.9 Å². The van der Waals surface area contributed by atoms with Crippen LogP contribution < -0.4 is 16.6 Å². The van der Waals surface area contributed by atoms with E-state index in [1.165, 1.54) is 6.20 Å². The lowest BCUT2D eigenvalue weighted by atomic mass is 9.94. The first-order valence-corrected chi connectivity index (χ1v) is 5.90. The van der Waals surface area contributed by atoms with Gasteiger partial charge in [-0.15, -0.1) is 0 Å². The number of hydrogen-bond donors (Lipinski definition) is 3. The molecule has 96 valence electrons. The molecule has 0 radical (unpaired) electrons. The monoisotopic (exact) mass is 249 g/mol. The summed E-state index contributed by atoms with van der Waals surface area (Å²) in [6, 6.07) is 0. The fourth-order valence-electron chi connectivity index (χ4n) is 1.93. The van der Waals surface area contributed by atoms with E-state index in [0.717, 1.165) is 19.3 Å². The Hall–Kier alpha value is -2.11. The van der Waals surface area contributed by atoms with Gasteiger partial charge in [-0.2, -0.15) is 0 Å². The zero-order chi connectivity index (χ0) is 13.0. The minimum absolute atomic E-state index is 0.0168. The first-order valence-electron chi connectivity index (χ1n) is 5.90. The van der Waals surface area contributed by atoms with Crippen molar-refractivity contribution in [1.29, 1.82) is 0 Å². The molecule has 1 aliphatic rings. The van der Waals surface area contributed by atoms with Crippen LogP contribution in [0, 0.1) is 5.92 Å². The molecule has 1 aromatic heterocycles. The van der Waals surface area contributed by atoms with E-state index >= 15 is 0 Å². The van der Waals surface area contributed by atoms with Gasteiger partial charge in [-0.05, 0) is 19.3 Å². The Labute approximate surface area is 103 Å². The van der Waals surface area contributed by atoms with Crippen LogP contribution in [0.1, 0.15) is 24.8 Å². The van der Waals surface area contributed by atoms with Crippen molar-refractivity contribution in [2.75, 3.05) is 0 Å². The molecule has 0 fully saturated rings. The molecule has 0 saturated heterocycles. The number of nitrogens with one attached hydrogen (secondary N) is 3. The van der Waals surface area contributed by atoms with Gasteiger partial charge in [-0.3, -0.25) is 14.6 Å². The van der Waals surface area contributed by atoms with Gasteiger partial charge in [0.1, 0.15) is 0 Å². The maximum Gasteiger partial charge on any atom is 0.325 e. The van der Waals surface area contributed by atoms with Crippen LogP contribution in [0.2, 0.25) is 0 Å². The number of carbonyl (C=O) groups is 1. The topological polar surface area (TPSA) is 94.8 Å². The molecule has 6 nitrogen and oxygen atoms in total. The van der Waals surface area contributed by atoms with E-state index in [1.807, 2.05) is 6.08 Å². The molecule has 1 amide bonds. The summed E-state index contributed by atoms with van der Waals surface area (Å²) in [7, 11) is 0. The van der Waals surface area contributed by atoms with Gasteiger partial charge in [0.15, 0.2) is 0 Å². The Bertz CT molecular complexity index is 570. The van der Waals surface area contributed by atoms with E-state index < -0.39 is 11.2 Å². The van der Waals surface area contributed by atoms with Crippen LogP contribution in [0.5, 0.6) is 0 Å². The van der Waals surface area contributed by atoms with Gasteiger partial charge < -0.3 is 10.3 Å². The third-order valence-corrected chi connectivity index (χ3v) is 2.99. The Morgan fingerprint density at radius 2 is 2.22 bits per heavy atom. The second-order valence-electron chi connectivity index (χ2n) is 4.30. The standard InChI is InChI=1S/C12H15N3O3/c16-10(8-4-2-1-3-5-8)13-6-9-7-14-12(18)15-11(9)17/h1-2,7-8H,3-6H2,(H,13,16)(H2,14,15,17,18)/t8-/m0/s1. The van der Waals surface area contributed by atoms with Crippen LogP contribution in [0.3, 0.4) is 0 Å². The molecular weight excluding hydrogens is 234 g/mol. The van der Waals surface area contributed by atoms with Gasteiger partial charge in [0, 0.05) is 18.7 Å². The molecule has 18 heavy (non-hydrogen) atoms. The number of hydrogen-bond acceptors (Lipinski definition) is 3. The van der Waals surface area contributed by atoms with Crippen LogP contribution in [0.25, 0.3) is 0 Å². The van der Waals surface area contributed by atoms with E-state index in [1.54, 1.807) is 0 Å². The molecule has 1 atom stereocenters. The molecule has 0 unspecified atom stereocenters. The van der Waals surface area contributed by atoms with Gasteiger partial charge in [-0.25, -0.2) is 4.79 Å². The van der Waals surface area contributed by atoms with Crippen LogP contribution >= 0.6 is 0 Å². The van der Waals surface area contributed by atoms with Crippen molar-refractivity contribution < 1.29 is 4.79 Å². The van der Waals surface area contributed by atoms with Crippen LogP contribution in [-0.2, 0) is 11.3 Å². The number of amides is 1. The lowest BCUT2D eigenvalue weighted by Crippen LogP contribution is -2.34. The lowest BCUT2D eigenvalue weighted by molar-refractivity contribution is -0.125. The maximum atomic E-state index is 11.8. The van der Waals surface area contributed by atoms with Crippen LogP contribution in [0.15, 0.2) is 27.9 Å². The average molecular weight is 249 g/mol. The Morgan fingerprint density at radius 1 is 1.39 bits per heavy atom. The molecule has 2 rings (SSSR count). The number of aromatic amines is 2. The highest BCUT2D eigenvalue weighted by Crippen LogP contribution is 2.17. The molecule has 0 bridgehead atoms. The molecule has 3 N–H and O–H groups in total. The van der Waals surface area contributed by atoms with Crippen molar-refractivity contribution in [3.05, 3.63) is 44.8 Å². The Kier molecular flexibility index (Phi) is 3.76. The Morgan fingerprint density at radius 3 is 2.89 bits per heavy atom. The largest absolute Gasteiger partial charge is 0.352 e. The predicted molar refractivity (Wildman–Crippen MR) is 66.0 cm³/mol. The predicted octanol–water partition coefficient (Wildman–Crippen LogP) is 0.0357. The quantitative estimate of drug-likeness (QED) is 0.660. The zero-order valence-electron chi connectivity index (χ0n) is 9.86. The molecule has 6 heteroatoms. The summed E-state index contributed by atoms with van der Waals surface area (Å²) in [5, 5.41) is 2.71. The third kappa shape index (κ3) is 2.97. The van der Waals surface area contributed by atoms with Gasteiger partial charge in [0.2, 0.25) is 5.91 Å². The van der Waals surface area contributed by atoms with E-state index in [0.29, 0.717) is 5.56 Å². The summed E-state index contributed by atoms with van der Waals surface area (Å²) in [6.07, 6.45) is 7.88. The molecule has 1 aromatic rings. The SMILES string of the molecule is O=C(NCc1c[nH]c(=O)[nH]c1=O)[C@H]1CC=CCC1. The zero-order valence-corrected chi connectivity index (χ0v) is 9.86. The van der Waals surface area contributed by atoms with Crippen molar-refractivity contribution in [1.82, 2.24) is 15.3 Å². The maximum absolute atomic E-state index is 11.8. The van der Waals surface area contributed by atoms with Gasteiger partial charge in [-0.1, -0.05) is 12.2 Å². The van der Waals surface area contributed by atoms with Crippen molar-refractivity contribution in [3.8, 4) is 0 Å². The van der Waals surface area contributed by atoms with E-state index in [4.69, 9.17) is 0 Å².